The third-order valence-electron chi connectivity index (χ3n) is 5.06. The van der Waals surface area contributed by atoms with Crippen LogP contribution in [0.2, 0.25) is 0 Å². The second-order valence-corrected chi connectivity index (χ2v) is 7.37. The van der Waals surface area contributed by atoms with E-state index in [4.69, 9.17) is 0 Å². The van der Waals surface area contributed by atoms with E-state index in [-0.39, 0.29) is 11.8 Å². The van der Waals surface area contributed by atoms with Crippen LogP contribution in [0.4, 0.5) is 0 Å². The van der Waals surface area contributed by atoms with Crippen LogP contribution < -0.4 is 0 Å². The van der Waals surface area contributed by atoms with E-state index in [0.29, 0.717) is 31.8 Å². The molecule has 0 aliphatic heterocycles. The van der Waals surface area contributed by atoms with Crippen LogP contribution >= 0.6 is 0 Å². The van der Waals surface area contributed by atoms with Gasteiger partial charge in [0.1, 0.15) is 0 Å². The summed E-state index contributed by atoms with van der Waals surface area (Å²) in [6.07, 6.45) is 7.87. The molecule has 3 rings (SSSR count). The van der Waals surface area contributed by atoms with Gasteiger partial charge >= 0.3 is 0 Å². The number of nitrogens with zero attached hydrogens (tertiary/aromatic N) is 3. The summed E-state index contributed by atoms with van der Waals surface area (Å²) in [5, 5.41) is 2.18. The molecule has 1 aromatic heterocycles. The lowest BCUT2D eigenvalue weighted by atomic mass is 10.1. The van der Waals surface area contributed by atoms with E-state index in [1.54, 1.807) is 16.0 Å². The zero-order valence-electron chi connectivity index (χ0n) is 15.6. The summed E-state index contributed by atoms with van der Waals surface area (Å²) < 4.78 is 0. The second-order valence-electron chi connectivity index (χ2n) is 7.37. The van der Waals surface area contributed by atoms with Crippen LogP contribution in [0.15, 0.2) is 36.7 Å². The molecule has 5 heteroatoms. The van der Waals surface area contributed by atoms with Gasteiger partial charge in [0.25, 0.3) is 0 Å². The molecule has 1 aliphatic rings. The van der Waals surface area contributed by atoms with E-state index in [2.05, 4.69) is 4.98 Å². The minimum atomic E-state index is 0.102. The normalized spacial score (nSPS) is 13.6. The molecule has 0 N–H and O–H groups in total. The molecule has 2 amide bonds. The van der Waals surface area contributed by atoms with Crippen LogP contribution in [0.1, 0.15) is 31.2 Å². The van der Waals surface area contributed by atoms with Crippen molar-refractivity contribution >= 4 is 22.6 Å². The van der Waals surface area contributed by atoms with Crippen LogP contribution in [-0.4, -0.2) is 53.8 Å². The van der Waals surface area contributed by atoms with Crippen molar-refractivity contribution in [2.45, 2.75) is 32.1 Å². The number of carbonyl (C=O) groups is 2. The third-order valence-corrected chi connectivity index (χ3v) is 5.06. The Labute approximate surface area is 155 Å². The molecule has 5 nitrogen and oxygen atoms in total. The van der Waals surface area contributed by atoms with Gasteiger partial charge in [0.15, 0.2) is 0 Å². The Morgan fingerprint density at radius 2 is 1.77 bits per heavy atom. The van der Waals surface area contributed by atoms with Crippen molar-refractivity contribution in [3.8, 4) is 0 Å². The van der Waals surface area contributed by atoms with Gasteiger partial charge in [0.05, 0.1) is 6.42 Å². The van der Waals surface area contributed by atoms with E-state index in [1.165, 1.54) is 12.8 Å². The van der Waals surface area contributed by atoms with Gasteiger partial charge in [-0.1, -0.05) is 18.2 Å². The Bertz CT molecular complexity index is 786. The highest BCUT2D eigenvalue weighted by Gasteiger charge is 2.25. The Balaban J connectivity index is 1.43. The summed E-state index contributed by atoms with van der Waals surface area (Å²) in [7, 11) is 3.69. The average Bonchev–Trinajstić information content (AvgIpc) is 3.45. The van der Waals surface area contributed by atoms with Crippen LogP contribution in [-0.2, 0) is 16.0 Å². The zero-order valence-corrected chi connectivity index (χ0v) is 15.6. The fourth-order valence-electron chi connectivity index (χ4n) is 3.07. The number of likely N-dealkylation sites (N-methyl/N-ethyl adjacent to an activating group) is 1. The Kier molecular flexibility index (Phi) is 5.86. The van der Waals surface area contributed by atoms with Crippen LogP contribution in [0.25, 0.3) is 10.8 Å². The largest absolute Gasteiger partial charge is 0.346 e. The van der Waals surface area contributed by atoms with Gasteiger partial charge in [0.2, 0.25) is 11.8 Å². The molecular weight excluding hydrogens is 326 g/mol. The van der Waals surface area contributed by atoms with Crippen molar-refractivity contribution < 1.29 is 9.59 Å². The maximum absolute atomic E-state index is 12.4. The first-order valence-corrected chi connectivity index (χ1v) is 9.33. The lowest BCUT2D eigenvalue weighted by Gasteiger charge is -2.21. The number of aromatic nitrogens is 1. The first-order chi connectivity index (χ1) is 12.5. The lowest BCUT2D eigenvalue weighted by molar-refractivity contribution is -0.130. The van der Waals surface area contributed by atoms with E-state index in [0.717, 1.165) is 22.8 Å². The SMILES string of the molecule is CN(CCCN(C)C(=O)CC1CC1)C(=O)Cc1ccc2cnccc2c1. The van der Waals surface area contributed by atoms with Gasteiger partial charge < -0.3 is 9.80 Å². The molecule has 1 aliphatic carbocycles. The molecule has 2 aromatic rings. The number of amides is 2. The highest BCUT2D eigenvalue weighted by Crippen LogP contribution is 2.32. The number of rotatable bonds is 8. The van der Waals surface area contributed by atoms with Crippen molar-refractivity contribution in [3.05, 3.63) is 42.2 Å². The molecule has 1 saturated carbocycles. The molecule has 1 fully saturated rings. The highest BCUT2D eigenvalue weighted by molar-refractivity contribution is 5.84. The molecule has 0 atom stereocenters. The first-order valence-electron chi connectivity index (χ1n) is 9.33. The molecule has 0 spiro atoms. The molecule has 138 valence electrons. The average molecular weight is 353 g/mol. The Morgan fingerprint density at radius 3 is 2.50 bits per heavy atom. The predicted octanol–water partition coefficient (Wildman–Crippen LogP) is 2.88. The first kappa shape index (κ1) is 18.4. The number of pyridine rings is 1. The van der Waals surface area contributed by atoms with Gasteiger partial charge in [-0.05, 0) is 42.2 Å². The Morgan fingerprint density at radius 1 is 1.04 bits per heavy atom. The summed E-state index contributed by atoms with van der Waals surface area (Å²) in [4.78, 5) is 32.1. The van der Waals surface area contributed by atoms with E-state index >= 15 is 0 Å². The smallest absolute Gasteiger partial charge is 0.226 e. The van der Waals surface area contributed by atoms with Crippen molar-refractivity contribution in [3.63, 3.8) is 0 Å². The van der Waals surface area contributed by atoms with E-state index in [1.807, 2.05) is 44.6 Å². The highest BCUT2D eigenvalue weighted by atomic mass is 16.2. The van der Waals surface area contributed by atoms with Crippen molar-refractivity contribution in [2.75, 3.05) is 27.2 Å². The minimum absolute atomic E-state index is 0.102. The van der Waals surface area contributed by atoms with Gasteiger partial charge in [-0.2, -0.15) is 0 Å². The number of fused-ring (bicyclic) bond motifs is 1. The lowest BCUT2D eigenvalue weighted by Crippen LogP contribution is -2.33. The van der Waals surface area contributed by atoms with Crippen molar-refractivity contribution in [1.29, 1.82) is 0 Å². The van der Waals surface area contributed by atoms with Crippen molar-refractivity contribution in [2.24, 2.45) is 5.92 Å². The van der Waals surface area contributed by atoms with Gasteiger partial charge in [-0.15, -0.1) is 0 Å². The summed E-state index contributed by atoms with van der Waals surface area (Å²) in [5.74, 6) is 0.949. The maximum atomic E-state index is 12.4. The summed E-state index contributed by atoms with van der Waals surface area (Å²) in [6, 6.07) is 8.00. The molecule has 0 radical (unpaired) electrons. The van der Waals surface area contributed by atoms with Crippen LogP contribution in [0, 0.1) is 5.92 Å². The molecule has 1 aromatic carbocycles. The standard InChI is InChI=1S/C21H27N3O2/c1-23(20(25)13-16-4-5-16)10-3-11-24(2)21(26)14-17-6-7-19-15-22-9-8-18(19)12-17/h6-9,12,15-16H,3-5,10-11,13-14H2,1-2H3. The predicted molar refractivity (Wildman–Crippen MR) is 103 cm³/mol. The number of hydrogen-bond acceptors (Lipinski definition) is 3. The number of carbonyl (C=O) groups excluding carboxylic acids is 2. The topological polar surface area (TPSA) is 53.5 Å². The molecule has 1 heterocycles. The molecule has 0 unspecified atom stereocenters. The van der Waals surface area contributed by atoms with E-state index in [9.17, 15) is 9.59 Å². The van der Waals surface area contributed by atoms with Gasteiger partial charge in [-0.3, -0.25) is 14.6 Å². The monoisotopic (exact) mass is 353 g/mol. The molecular formula is C21H27N3O2. The zero-order chi connectivity index (χ0) is 18.5. The summed E-state index contributed by atoms with van der Waals surface area (Å²) in [5.41, 5.74) is 1.01. The molecule has 0 saturated heterocycles. The van der Waals surface area contributed by atoms with Crippen molar-refractivity contribution in [1.82, 2.24) is 14.8 Å². The number of benzene rings is 1. The Hall–Kier alpha value is -2.43. The molecule has 26 heavy (non-hydrogen) atoms. The molecule has 0 bridgehead atoms. The quantitative estimate of drug-likeness (QED) is 0.733. The fraction of sp³-hybridized carbons (Fsp3) is 0.476. The fourth-order valence-corrected chi connectivity index (χ4v) is 3.07. The number of hydrogen-bond donors (Lipinski definition) is 0. The summed E-state index contributed by atoms with van der Waals surface area (Å²) >= 11 is 0. The van der Waals surface area contributed by atoms with Crippen LogP contribution in [0.3, 0.4) is 0 Å². The minimum Gasteiger partial charge on any atom is -0.346 e. The van der Waals surface area contributed by atoms with Crippen LogP contribution in [0.5, 0.6) is 0 Å². The van der Waals surface area contributed by atoms with Gasteiger partial charge in [-0.25, -0.2) is 0 Å². The second kappa shape index (κ2) is 8.30. The third kappa shape index (κ3) is 5.04. The van der Waals surface area contributed by atoms with E-state index < -0.39 is 0 Å². The van der Waals surface area contributed by atoms with Gasteiger partial charge in [0, 0.05) is 51.4 Å². The summed E-state index contributed by atoms with van der Waals surface area (Å²) in [6.45, 7) is 1.36. The maximum Gasteiger partial charge on any atom is 0.226 e.